The maximum atomic E-state index is 5.36. The lowest BCUT2D eigenvalue weighted by atomic mass is 10.1. The molecule has 0 bridgehead atoms. The Hall–Kier alpha value is -3.05. The van der Waals surface area contributed by atoms with Crippen LogP contribution in [0.25, 0.3) is 0 Å². The smallest absolute Gasteiger partial charge is 0.191 e. The zero-order chi connectivity index (χ0) is 17.5. The molecule has 0 saturated heterocycles. The van der Waals surface area contributed by atoms with Gasteiger partial charge in [0, 0.05) is 17.4 Å². The van der Waals surface area contributed by atoms with Gasteiger partial charge >= 0.3 is 0 Å². The average molecular weight is 346 g/mol. The summed E-state index contributed by atoms with van der Waals surface area (Å²) in [5.41, 5.74) is 7.47. The molecule has 0 radical (unpaired) electrons. The predicted octanol–water partition coefficient (Wildman–Crippen LogP) is 4.13. The summed E-state index contributed by atoms with van der Waals surface area (Å²) in [6.07, 6.45) is 1.75. The fraction of sp³-hybridized carbons (Fsp3) is 0.0500. The first kappa shape index (κ1) is 16.8. The Kier molecular flexibility index (Phi) is 5.49. The number of hydrazone groups is 1. The molecule has 0 fully saturated rings. The number of hydrogen-bond acceptors (Lipinski definition) is 3. The second-order valence-electron chi connectivity index (χ2n) is 5.42. The highest BCUT2D eigenvalue weighted by atomic mass is 32.1. The number of nitrogens with one attached hydrogen (secondary N) is 2. The fourth-order valence-electron chi connectivity index (χ4n) is 2.34. The minimum absolute atomic E-state index is 0.429. The summed E-state index contributed by atoms with van der Waals surface area (Å²) in [5.74, 6) is 0. The SMILES string of the molecule is Cc1ccccc1NC(=S)N/N=C(\c1ccccc1)c1ccccn1. The second-order valence-corrected chi connectivity index (χ2v) is 5.83. The van der Waals surface area contributed by atoms with Gasteiger partial charge in [-0.2, -0.15) is 5.10 Å². The minimum atomic E-state index is 0.429. The van der Waals surface area contributed by atoms with Crippen LogP contribution >= 0.6 is 12.2 Å². The van der Waals surface area contributed by atoms with Crippen molar-refractivity contribution in [3.63, 3.8) is 0 Å². The Morgan fingerprint density at radius 3 is 2.36 bits per heavy atom. The van der Waals surface area contributed by atoms with Crippen LogP contribution in [0.15, 0.2) is 84.1 Å². The van der Waals surface area contributed by atoms with Crippen molar-refractivity contribution in [1.82, 2.24) is 10.4 Å². The number of hydrogen-bond donors (Lipinski definition) is 2. The molecule has 4 nitrogen and oxygen atoms in total. The number of rotatable bonds is 4. The Bertz CT molecular complexity index is 835. The van der Waals surface area contributed by atoms with Crippen molar-refractivity contribution in [1.29, 1.82) is 0 Å². The van der Waals surface area contributed by atoms with Crippen molar-refractivity contribution in [2.45, 2.75) is 6.92 Å². The molecule has 3 aromatic rings. The van der Waals surface area contributed by atoms with Gasteiger partial charge in [0.05, 0.1) is 5.69 Å². The van der Waals surface area contributed by atoms with Crippen molar-refractivity contribution in [3.8, 4) is 0 Å². The minimum Gasteiger partial charge on any atom is -0.331 e. The summed E-state index contributed by atoms with van der Waals surface area (Å²) in [6.45, 7) is 2.03. The molecule has 2 N–H and O–H groups in total. The molecule has 0 amide bonds. The molecule has 1 aromatic heterocycles. The van der Waals surface area contributed by atoms with Crippen LogP contribution in [-0.2, 0) is 0 Å². The van der Waals surface area contributed by atoms with Crippen LogP contribution in [0.4, 0.5) is 5.69 Å². The highest BCUT2D eigenvalue weighted by Gasteiger charge is 2.08. The van der Waals surface area contributed by atoms with Crippen LogP contribution in [0, 0.1) is 6.92 Å². The van der Waals surface area contributed by atoms with Gasteiger partial charge in [-0.05, 0) is 42.9 Å². The van der Waals surface area contributed by atoms with Crippen molar-refractivity contribution < 1.29 is 0 Å². The van der Waals surface area contributed by atoms with Crippen molar-refractivity contribution in [2.24, 2.45) is 5.10 Å². The normalized spacial score (nSPS) is 11.0. The number of para-hydroxylation sites is 1. The molecule has 0 unspecified atom stereocenters. The maximum absolute atomic E-state index is 5.36. The molecule has 0 aliphatic heterocycles. The molecule has 5 heteroatoms. The predicted molar refractivity (Wildman–Crippen MR) is 107 cm³/mol. The van der Waals surface area contributed by atoms with E-state index < -0.39 is 0 Å². The number of aromatic nitrogens is 1. The molecule has 124 valence electrons. The van der Waals surface area contributed by atoms with E-state index in [0.29, 0.717) is 5.11 Å². The average Bonchev–Trinajstić information content (AvgIpc) is 2.66. The number of thiocarbonyl (C=S) groups is 1. The standard InChI is InChI=1S/C20H18N4S/c1-15-9-5-6-12-17(15)22-20(25)24-23-19(16-10-3-2-4-11-16)18-13-7-8-14-21-18/h2-14H,1H3,(H2,22,24,25)/b23-19+. The van der Waals surface area contributed by atoms with Gasteiger partial charge in [0.1, 0.15) is 5.71 Å². The molecule has 3 rings (SSSR count). The number of pyridine rings is 1. The summed E-state index contributed by atoms with van der Waals surface area (Å²) in [6, 6.07) is 23.6. The molecule has 0 spiro atoms. The van der Waals surface area contributed by atoms with Gasteiger partial charge in [-0.25, -0.2) is 0 Å². The van der Waals surface area contributed by atoms with Crippen molar-refractivity contribution in [3.05, 3.63) is 95.8 Å². The second kappa shape index (κ2) is 8.17. The lowest BCUT2D eigenvalue weighted by Crippen LogP contribution is -2.26. The van der Waals surface area contributed by atoms with Crippen LogP contribution < -0.4 is 10.7 Å². The van der Waals surface area contributed by atoms with Crippen LogP contribution in [0.2, 0.25) is 0 Å². The largest absolute Gasteiger partial charge is 0.331 e. The molecule has 0 saturated carbocycles. The van der Waals surface area contributed by atoms with E-state index in [1.807, 2.05) is 79.7 Å². The van der Waals surface area contributed by atoms with E-state index in [2.05, 4.69) is 20.8 Å². The van der Waals surface area contributed by atoms with Gasteiger partial charge in [-0.3, -0.25) is 10.4 Å². The van der Waals surface area contributed by atoms with E-state index in [9.17, 15) is 0 Å². The highest BCUT2D eigenvalue weighted by Crippen LogP contribution is 2.13. The molecular formula is C20H18N4S. The van der Waals surface area contributed by atoms with Gasteiger partial charge in [0.15, 0.2) is 5.11 Å². The van der Waals surface area contributed by atoms with E-state index in [4.69, 9.17) is 12.2 Å². The summed E-state index contributed by atoms with van der Waals surface area (Å²) in [5, 5.41) is 8.08. The number of nitrogens with zero attached hydrogens (tertiary/aromatic N) is 2. The van der Waals surface area contributed by atoms with E-state index in [1.165, 1.54) is 0 Å². The Morgan fingerprint density at radius 1 is 0.920 bits per heavy atom. The third-order valence-corrected chi connectivity index (χ3v) is 3.81. The quantitative estimate of drug-likeness (QED) is 0.424. The van der Waals surface area contributed by atoms with Crippen molar-refractivity contribution in [2.75, 3.05) is 5.32 Å². The van der Waals surface area contributed by atoms with Crippen LogP contribution in [-0.4, -0.2) is 15.8 Å². The van der Waals surface area contributed by atoms with Gasteiger partial charge in [-0.15, -0.1) is 0 Å². The van der Waals surface area contributed by atoms with E-state index in [-0.39, 0.29) is 0 Å². The molecule has 2 aromatic carbocycles. The van der Waals surface area contributed by atoms with Gasteiger partial charge < -0.3 is 5.32 Å². The maximum Gasteiger partial charge on any atom is 0.191 e. The van der Waals surface area contributed by atoms with Crippen molar-refractivity contribution >= 4 is 28.7 Å². The van der Waals surface area contributed by atoms with Crippen LogP contribution in [0.1, 0.15) is 16.8 Å². The zero-order valence-electron chi connectivity index (χ0n) is 13.8. The van der Waals surface area contributed by atoms with E-state index in [0.717, 1.165) is 28.2 Å². The van der Waals surface area contributed by atoms with E-state index in [1.54, 1.807) is 6.20 Å². The zero-order valence-corrected chi connectivity index (χ0v) is 14.6. The lowest BCUT2D eigenvalue weighted by molar-refractivity contribution is 1.03. The van der Waals surface area contributed by atoms with Gasteiger partial charge in [0.25, 0.3) is 0 Å². The molecular weight excluding hydrogens is 328 g/mol. The van der Waals surface area contributed by atoms with Crippen LogP contribution in [0.5, 0.6) is 0 Å². The Balaban J connectivity index is 1.82. The van der Waals surface area contributed by atoms with E-state index >= 15 is 0 Å². The first-order valence-corrected chi connectivity index (χ1v) is 8.32. The molecule has 0 aliphatic carbocycles. The van der Waals surface area contributed by atoms with Gasteiger partial charge in [-0.1, -0.05) is 54.6 Å². The Labute approximate surface area is 152 Å². The van der Waals surface area contributed by atoms with Crippen LogP contribution in [0.3, 0.4) is 0 Å². The van der Waals surface area contributed by atoms with Gasteiger partial charge in [0.2, 0.25) is 0 Å². The summed E-state index contributed by atoms with van der Waals surface area (Å²) in [4.78, 5) is 4.40. The first-order valence-electron chi connectivity index (χ1n) is 7.91. The number of aryl methyl sites for hydroxylation is 1. The monoisotopic (exact) mass is 346 g/mol. The third kappa shape index (κ3) is 4.49. The molecule has 0 aliphatic rings. The molecule has 0 atom stereocenters. The topological polar surface area (TPSA) is 49.3 Å². The third-order valence-electron chi connectivity index (χ3n) is 3.62. The number of benzene rings is 2. The Morgan fingerprint density at radius 2 is 1.64 bits per heavy atom. The summed E-state index contributed by atoms with van der Waals surface area (Å²) < 4.78 is 0. The highest BCUT2D eigenvalue weighted by molar-refractivity contribution is 7.80. The number of anilines is 1. The first-order chi connectivity index (χ1) is 12.2. The molecule has 25 heavy (non-hydrogen) atoms. The fourth-order valence-corrected chi connectivity index (χ4v) is 2.49. The summed E-state index contributed by atoms with van der Waals surface area (Å²) >= 11 is 5.36. The summed E-state index contributed by atoms with van der Waals surface area (Å²) in [7, 11) is 0. The lowest BCUT2D eigenvalue weighted by Gasteiger charge is -2.11. The molecule has 1 heterocycles.